The molecule has 100 valence electrons. The quantitative estimate of drug-likeness (QED) is 0.810. The van der Waals surface area contributed by atoms with E-state index in [1.54, 1.807) is 4.57 Å². The Hall–Kier alpha value is -1.07. The Morgan fingerprint density at radius 2 is 2.26 bits per heavy atom. The summed E-state index contributed by atoms with van der Waals surface area (Å²) in [7, 11) is 0. The van der Waals surface area contributed by atoms with Gasteiger partial charge < -0.3 is 5.32 Å². The molecule has 0 atom stereocenters. The van der Waals surface area contributed by atoms with Crippen molar-refractivity contribution in [2.45, 2.75) is 31.3 Å². The monoisotopic (exact) mass is 341 g/mol. The van der Waals surface area contributed by atoms with Crippen molar-refractivity contribution in [2.24, 2.45) is 0 Å². The van der Waals surface area contributed by atoms with Crippen LogP contribution in [0.15, 0.2) is 16.9 Å². The Balaban J connectivity index is 2.38. The van der Waals surface area contributed by atoms with Gasteiger partial charge in [0.25, 0.3) is 0 Å². The number of nitrogens with one attached hydrogen (secondary N) is 1. The van der Waals surface area contributed by atoms with Crippen molar-refractivity contribution in [3.63, 3.8) is 0 Å². The minimum absolute atomic E-state index is 0.150. The topological polar surface area (TPSA) is 46.9 Å². The first-order chi connectivity index (χ1) is 8.93. The van der Waals surface area contributed by atoms with Gasteiger partial charge in [0.1, 0.15) is 5.82 Å². The van der Waals surface area contributed by atoms with Crippen molar-refractivity contribution in [3.05, 3.63) is 33.2 Å². The van der Waals surface area contributed by atoms with E-state index in [-0.39, 0.29) is 11.2 Å². The molecule has 0 amide bonds. The molecule has 0 unspecified atom stereocenters. The van der Waals surface area contributed by atoms with Crippen molar-refractivity contribution in [2.75, 3.05) is 5.32 Å². The van der Waals surface area contributed by atoms with Gasteiger partial charge in [0, 0.05) is 10.7 Å². The second-order valence-electron chi connectivity index (χ2n) is 5.41. The third-order valence-corrected chi connectivity index (χ3v) is 4.34. The molecule has 6 heteroatoms. The van der Waals surface area contributed by atoms with Crippen molar-refractivity contribution < 1.29 is 0 Å². The Kier molecular flexibility index (Phi) is 2.87. The molecule has 1 aliphatic heterocycles. The minimum Gasteiger partial charge on any atom is -0.364 e. The second kappa shape index (κ2) is 4.21. The number of fused-ring (bicyclic) bond motifs is 3. The molecule has 1 N–H and O–H groups in total. The summed E-state index contributed by atoms with van der Waals surface area (Å²) in [5, 5.41) is 5.45. The summed E-state index contributed by atoms with van der Waals surface area (Å²) < 4.78 is 1.67. The number of hydrogen-bond acceptors (Lipinski definition) is 3. The summed E-state index contributed by atoms with van der Waals surface area (Å²) in [6.07, 6.45) is 0. The first kappa shape index (κ1) is 12.9. The molecule has 1 aliphatic rings. The van der Waals surface area contributed by atoms with Crippen LogP contribution in [-0.2, 0) is 11.9 Å². The van der Waals surface area contributed by atoms with E-state index in [1.165, 1.54) is 0 Å². The van der Waals surface area contributed by atoms with Crippen molar-refractivity contribution in [1.29, 1.82) is 0 Å². The molecule has 0 bridgehead atoms. The molecule has 0 radical (unpaired) electrons. The fraction of sp³-hybridized carbons (Fsp3) is 0.385. The van der Waals surface area contributed by atoms with E-state index in [4.69, 9.17) is 11.6 Å². The van der Waals surface area contributed by atoms with E-state index in [2.05, 4.69) is 40.1 Å². The SMILES string of the molecule is CC1(C)Cn2c(c3ccc(CBr)c(Cl)c3nc2=O)N1. The van der Waals surface area contributed by atoms with E-state index in [0.717, 1.165) is 16.8 Å². The summed E-state index contributed by atoms with van der Waals surface area (Å²) in [6.45, 7) is 4.72. The van der Waals surface area contributed by atoms with Crippen LogP contribution < -0.4 is 11.0 Å². The van der Waals surface area contributed by atoms with Crippen LogP contribution in [0.3, 0.4) is 0 Å². The molecule has 2 heterocycles. The molecular weight excluding hydrogens is 330 g/mol. The molecule has 2 aromatic rings. The van der Waals surface area contributed by atoms with Gasteiger partial charge in [-0.25, -0.2) is 4.79 Å². The molecule has 1 aromatic carbocycles. The maximum Gasteiger partial charge on any atom is 0.349 e. The van der Waals surface area contributed by atoms with Crippen LogP contribution in [0.2, 0.25) is 5.02 Å². The molecule has 0 saturated carbocycles. The predicted octanol–water partition coefficient (Wildman–Crippen LogP) is 3.15. The summed E-state index contributed by atoms with van der Waals surface area (Å²) in [6, 6.07) is 3.92. The molecule has 3 rings (SSSR count). The Morgan fingerprint density at radius 3 is 2.95 bits per heavy atom. The minimum atomic E-state index is -0.255. The number of benzene rings is 1. The van der Waals surface area contributed by atoms with Crippen LogP contribution in [0.1, 0.15) is 19.4 Å². The zero-order valence-corrected chi connectivity index (χ0v) is 13.0. The van der Waals surface area contributed by atoms with Crippen LogP contribution in [0.25, 0.3) is 10.9 Å². The van der Waals surface area contributed by atoms with E-state index < -0.39 is 0 Å². The third kappa shape index (κ3) is 1.96. The summed E-state index contributed by atoms with van der Waals surface area (Å²) in [5.41, 5.74) is 1.10. The molecule has 0 saturated heterocycles. The van der Waals surface area contributed by atoms with Gasteiger partial charge in [0.15, 0.2) is 0 Å². The zero-order valence-electron chi connectivity index (χ0n) is 10.6. The second-order valence-corrected chi connectivity index (χ2v) is 6.35. The lowest BCUT2D eigenvalue weighted by molar-refractivity contribution is 0.513. The number of anilines is 1. The lowest BCUT2D eigenvalue weighted by atomic mass is 10.1. The molecular formula is C13H13BrClN3O. The van der Waals surface area contributed by atoms with E-state index >= 15 is 0 Å². The maximum atomic E-state index is 12.1. The highest BCUT2D eigenvalue weighted by Crippen LogP contribution is 2.34. The van der Waals surface area contributed by atoms with Crippen molar-refractivity contribution in [1.82, 2.24) is 9.55 Å². The van der Waals surface area contributed by atoms with Gasteiger partial charge in [-0.3, -0.25) is 4.57 Å². The Labute approximate surface area is 123 Å². The van der Waals surface area contributed by atoms with Gasteiger partial charge in [0.05, 0.1) is 22.6 Å². The van der Waals surface area contributed by atoms with Gasteiger partial charge in [-0.15, -0.1) is 0 Å². The molecule has 0 aliphatic carbocycles. The normalized spacial score (nSPS) is 16.4. The first-order valence-corrected chi connectivity index (χ1v) is 7.49. The van der Waals surface area contributed by atoms with E-state index in [1.807, 2.05) is 12.1 Å². The molecule has 4 nitrogen and oxygen atoms in total. The average Bonchev–Trinajstić information content (AvgIpc) is 2.67. The standard InChI is InChI=1S/C13H13BrClN3O/c1-13(2)6-18-11(17-13)8-4-3-7(5-14)9(15)10(8)16-12(18)19/h3-4,17H,5-6H2,1-2H3. The number of nitrogens with zero attached hydrogens (tertiary/aromatic N) is 2. The summed E-state index contributed by atoms with van der Waals surface area (Å²) in [4.78, 5) is 16.2. The fourth-order valence-corrected chi connectivity index (χ4v) is 3.35. The van der Waals surface area contributed by atoms with Crippen LogP contribution in [0.5, 0.6) is 0 Å². The lowest BCUT2D eigenvalue weighted by Crippen LogP contribution is -2.30. The van der Waals surface area contributed by atoms with Gasteiger partial charge >= 0.3 is 5.69 Å². The van der Waals surface area contributed by atoms with Crippen molar-refractivity contribution >= 4 is 44.3 Å². The first-order valence-electron chi connectivity index (χ1n) is 5.99. The zero-order chi connectivity index (χ0) is 13.8. The molecule has 1 aromatic heterocycles. The van der Waals surface area contributed by atoms with Gasteiger partial charge in [-0.2, -0.15) is 4.98 Å². The Morgan fingerprint density at radius 1 is 1.53 bits per heavy atom. The maximum absolute atomic E-state index is 12.1. The van der Waals surface area contributed by atoms with E-state index in [9.17, 15) is 4.79 Å². The van der Waals surface area contributed by atoms with Gasteiger partial charge in [-0.05, 0) is 25.5 Å². The summed E-state index contributed by atoms with van der Waals surface area (Å²) in [5.74, 6) is 0.808. The number of hydrogen-bond donors (Lipinski definition) is 1. The summed E-state index contributed by atoms with van der Waals surface area (Å²) >= 11 is 9.70. The van der Waals surface area contributed by atoms with Crippen molar-refractivity contribution in [3.8, 4) is 0 Å². The van der Waals surface area contributed by atoms with Crippen LogP contribution in [-0.4, -0.2) is 15.1 Å². The number of rotatable bonds is 1. The molecule has 0 spiro atoms. The van der Waals surface area contributed by atoms with Gasteiger partial charge in [-0.1, -0.05) is 33.6 Å². The van der Waals surface area contributed by atoms with Crippen LogP contribution >= 0.6 is 27.5 Å². The lowest BCUT2D eigenvalue weighted by Gasteiger charge is -2.16. The number of halogens is 2. The largest absolute Gasteiger partial charge is 0.364 e. The fourth-order valence-electron chi connectivity index (χ4n) is 2.44. The smallest absolute Gasteiger partial charge is 0.349 e. The highest BCUT2D eigenvalue weighted by molar-refractivity contribution is 9.08. The predicted molar refractivity (Wildman–Crippen MR) is 81.3 cm³/mol. The molecule has 0 fully saturated rings. The highest BCUT2D eigenvalue weighted by atomic mass is 79.9. The third-order valence-electron chi connectivity index (χ3n) is 3.31. The average molecular weight is 343 g/mol. The highest BCUT2D eigenvalue weighted by Gasteiger charge is 2.30. The van der Waals surface area contributed by atoms with Crippen LogP contribution in [0, 0.1) is 0 Å². The van der Waals surface area contributed by atoms with Crippen LogP contribution in [0.4, 0.5) is 5.82 Å². The van der Waals surface area contributed by atoms with E-state index in [0.29, 0.717) is 22.4 Å². The molecule has 19 heavy (non-hydrogen) atoms. The number of aromatic nitrogens is 2. The van der Waals surface area contributed by atoms with Gasteiger partial charge in [0.2, 0.25) is 0 Å². The number of alkyl halides is 1. The Bertz CT molecular complexity index is 739.